The van der Waals surface area contributed by atoms with Gasteiger partial charge in [0, 0.05) is 24.0 Å². The molecule has 4 heteroatoms. The number of carbonyl (C=O) groups is 1. The lowest BCUT2D eigenvalue weighted by molar-refractivity contribution is -0.121. The van der Waals surface area contributed by atoms with Crippen molar-refractivity contribution in [3.63, 3.8) is 0 Å². The van der Waals surface area contributed by atoms with E-state index >= 15 is 0 Å². The highest BCUT2D eigenvalue weighted by atomic mass is 33.1. The zero-order valence-electron chi connectivity index (χ0n) is 9.74. The fourth-order valence-electron chi connectivity index (χ4n) is 1.62. The Morgan fingerprint density at radius 1 is 1.50 bits per heavy atom. The lowest BCUT2D eigenvalue weighted by Crippen LogP contribution is -2.23. The highest BCUT2D eigenvalue weighted by Crippen LogP contribution is 2.39. The number of rotatable bonds is 8. The van der Waals surface area contributed by atoms with Crippen LogP contribution >= 0.6 is 21.6 Å². The van der Waals surface area contributed by atoms with E-state index in [0.29, 0.717) is 6.42 Å². The van der Waals surface area contributed by atoms with Gasteiger partial charge in [-0.15, -0.1) is 6.58 Å². The quantitative estimate of drug-likeness (QED) is 0.411. The standard InChI is InChI=1S/C12H21NOS2/c1-2-3-9-13-12(14)7-5-4-6-11-8-10-15-16-11/h2,11H,1,3-10H2,(H,13,14)/t11-/m1/s1. The van der Waals surface area contributed by atoms with Crippen LogP contribution in [-0.4, -0.2) is 23.5 Å². The summed E-state index contributed by atoms with van der Waals surface area (Å²) < 4.78 is 0. The van der Waals surface area contributed by atoms with Gasteiger partial charge in [-0.3, -0.25) is 4.79 Å². The van der Waals surface area contributed by atoms with Crippen LogP contribution < -0.4 is 5.32 Å². The first kappa shape index (κ1) is 14.0. The summed E-state index contributed by atoms with van der Waals surface area (Å²) in [5.41, 5.74) is 0. The van der Waals surface area contributed by atoms with Crippen LogP contribution in [0.25, 0.3) is 0 Å². The fourth-order valence-corrected chi connectivity index (χ4v) is 4.65. The normalized spacial score (nSPS) is 19.6. The van der Waals surface area contributed by atoms with Crippen molar-refractivity contribution < 1.29 is 4.79 Å². The molecular weight excluding hydrogens is 238 g/mol. The van der Waals surface area contributed by atoms with E-state index in [1.54, 1.807) is 0 Å². The average Bonchev–Trinajstić information content (AvgIpc) is 2.78. The highest BCUT2D eigenvalue weighted by molar-refractivity contribution is 8.77. The summed E-state index contributed by atoms with van der Waals surface area (Å²) in [7, 11) is 4.01. The first-order valence-corrected chi connectivity index (χ1v) is 8.37. The number of amides is 1. The second-order valence-electron chi connectivity index (χ2n) is 4.00. The van der Waals surface area contributed by atoms with Gasteiger partial charge in [0.15, 0.2) is 0 Å². The van der Waals surface area contributed by atoms with Gasteiger partial charge in [0.2, 0.25) is 5.91 Å². The third kappa shape index (κ3) is 6.48. The van der Waals surface area contributed by atoms with Crippen LogP contribution in [0.4, 0.5) is 0 Å². The number of carbonyl (C=O) groups excluding carboxylic acids is 1. The smallest absolute Gasteiger partial charge is 0.220 e. The predicted molar refractivity (Wildman–Crippen MR) is 74.7 cm³/mol. The Morgan fingerprint density at radius 2 is 2.38 bits per heavy atom. The van der Waals surface area contributed by atoms with Crippen LogP contribution in [-0.2, 0) is 4.79 Å². The Kier molecular flexibility index (Phi) is 7.85. The van der Waals surface area contributed by atoms with E-state index in [-0.39, 0.29) is 5.91 Å². The molecule has 0 aliphatic carbocycles. The van der Waals surface area contributed by atoms with E-state index in [2.05, 4.69) is 11.9 Å². The lowest BCUT2D eigenvalue weighted by atomic mass is 10.1. The van der Waals surface area contributed by atoms with Crippen molar-refractivity contribution in [3.8, 4) is 0 Å². The van der Waals surface area contributed by atoms with E-state index in [4.69, 9.17) is 0 Å². The summed E-state index contributed by atoms with van der Waals surface area (Å²) in [6, 6.07) is 0. The Bertz CT molecular complexity index is 215. The first-order chi connectivity index (χ1) is 7.83. The minimum Gasteiger partial charge on any atom is -0.356 e. The van der Waals surface area contributed by atoms with Crippen molar-refractivity contribution in [1.82, 2.24) is 5.32 Å². The molecule has 0 bridgehead atoms. The van der Waals surface area contributed by atoms with Crippen LogP contribution in [0.15, 0.2) is 12.7 Å². The Hall–Kier alpha value is -0.0900. The fraction of sp³-hybridized carbons (Fsp3) is 0.750. The molecule has 0 spiro atoms. The maximum absolute atomic E-state index is 11.4. The van der Waals surface area contributed by atoms with Gasteiger partial charge < -0.3 is 5.32 Å². The van der Waals surface area contributed by atoms with Gasteiger partial charge in [-0.25, -0.2) is 0 Å². The molecule has 1 heterocycles. The summed E-state index contributed by atoms with van der Waals surface area (Å²) in [6.45, 7) is 4.36. The lowest BCUT2D eigenvalue weighted by Gasteiger charge is -2.07. The Balaban J connectivity index is 1.89. The third-order valence-electron chi connectivity index (χ3n) is 2.58. The van der Waals surface area contributed by atoms with Gasteiger partial charge in [0.25, 0.3) is 0 Å². The Morgan fingerprint density at radius 3 is 3.06 bits per heavy atom. The first-order valence-electron chi connectivity index (χ1n) is 5.99. The second-order valence-corrected chi connectivity index (χ2v) is 6.79. The molecule has 2 nitrogen and oxygen atoms in total. The Labute approximate surface area is 106 Å². The van der Waals surface area contributed by atoms with Crippen LogP contribution in [0.3, 0.4) is 0 Å². The molecule has 1 aliphatic rings. The SMILES string of the molecule is C=CCCNC(=O)CCCC[C@@H]1CCSS1. The molecule has 1 saturated heterocycles. The van der Waals surface area contributed by atoms with E-state index in [0.717, 1.165) is 24.6 Å². The summed E-state index contributed by atoms with van der Waals surface area (Å²) in [5, 5.41) is 3.73. The van der Waals surface area contributed by atoms with Crippen molar-refractivity contribution in [2.75, 3.05) is 12.3 Å². The van der Waals surface area contributed by atoms with Crippen molar-refractivity contribution >= 4 is 27.5 Å². The van der Waals surface area contributed by atoms with Crippen LogP contribution in [0.2, 0.25) is 0 Å². The molecule has 1 rings (SSSR count). The average molecular weight is 259 g/mol. The van der Waals surface area contributed by atoms with Gasteiger partial charge in [0.1, 0.15) is 0 Å². The van der Waals surface area contributed by atoms with Gasteiger partial charge in [-0.2, -0.15) is 0 Å². The molecular formula is C12H21NOS2. The monoisotopic (exact) mass is 259 g/mol. The van der Waals surface area contributed by atoms with E-state index in [1.807, 2.05) is 27.7 Å². The molecule has 1 fully saturated rings. The highest BCUT2D eigenvalue weighted by Gasteiger charge is 2.15. The summed E-state index contributed by atoms with van der Waals surface area (Å²) in [6.07, 6.45) is 8.21. The van der Waals surface area contributed by atoms with Gasteiger partial charge in [0.05, 0.1) is 0 Å². The topological polar surface area (TPSA) is 29.1 Å². The number of unbranched alkanes of at least 4 members (excludes halogenated alkanes) is 1. The maximum atomic E-state index is 11.4. The molecule has 0 aromatic carbocycles. The molecule has 1 aliphatic heterocycles. The number of hydrogen-bond donors (Lipinski definition) is 1. The van der Waals surface area contributed by atoms with Crippen molar-refractivity contribution in [1.29, 1.82) is 0 Å². The van der Waals surface area contributed by atoms with Crippen molar-refractivity contribution in [2.45, 2.75) is 43.8 Å². The minimum atomic E-state index is 0.190. The molecule has 1 atom stereocenters. The van der Waals surface area contributed by atoms with Gasteiger partial charge in [-0.05, 0) is 25.7 Å². The summed E-state index contributed by atoms with van der Waals surface area (Å²) >= 11 is 0. The molecule has 1 N–H and O–H groups in total. The predicted octanol–water partition coefficient (Wildman–Crippen LogP) is 3.39. The molecule has 0 saturated carbocycles. The van der Waals surface area contributed by atoms with Crippen LogP contribution in [0.5, 0.6) is 0 Å². The van der Waals surface area contributed by atoms with Crippen LogP contribution in [0, 0.1) is 0 Å². The van der Waals surface area contributed by atoms with Gasteiger partial charge in [-0.1, -0.05) is 34.1 Å². The molecule has 0 aromatic heterocycles. The number of hydrogen-bond acceptors (Lipinski definition) is 3. The number of nitrogens with one attached hydrogen (secondary N) is 1. The second kappa shape index (κ2) is 8.99. The summed E-state index contributed by atoms with van der Waals surface area (Å²) in [4.78, 5) is 11.4. The van der Waals surface area contributed by atoms with Crippen molar-refractivity contribution in [2.24, 2.45) is 0 Å². The van der Waals surface area contributed by atoms with E-state index in [9.17, 15) is 4.79 Å². The zero-order chi connectivity index (χ0) is 11.6. The molecule has 0 aromatic rings. The molecule has 1 amide bonds. The molecule has 92 valence electrons. The largest absolute Gasteiger partial charge is 0.356 e. The van der Waals surface area contributed by atoms with Crippen molar-refractivity contribution in [3.05, 3.63) is 12.7 Å². The van der Waals surface area contributed by atoms with E-state index in [1.165, 1.54) is 25.0 Å². The zero-order valence-corrected chi connectivity index (χ0v) is 11.4. The third-order valence-corrected chi connectivity index (χ3v) is 5.58. The van der Waals surface area contributed by atoms with E-state index < -0.39 is 0 Å². The minimum absolute atomic E-state index is 0.190. The summed E-state index contributed by atoms with van der Waals surface area (Å²) in [5.74, 6) is 1.49. The molecule has 0 radical (unpaired) electrons. The van der Waals surface area contributed by atoms with Gasteiger partial charge >= 0.3 is 0 Å². The van der Waals surface area contributed by atoms with Crippen LogP contribution in [0.1, 0.15) is 38.5 Å². The molecule has 16 heavy (non-hydrogen) atoms. The maximum Gasteiger partial charge on any atom is 0.220 e. The molecule has 0 unspecified atom stereocenters.